The van der Waals surface area contributed by atoms with E-state index in [4.69, 9.17) is 9.84 Å². The van der Waals surface area contributed by atoms with Crippen LogP contribution in [0, 0.1) is 17.3 Å². The van der Waals surface area contributed by atoms with Crippen LogP contribution in [0.3, 0.4) is 0 Å². The van der Waals surface area contributed by atoms with Gasteiger partial charge in [-0.3, -0.25) is 14.4 Å². The number of hydrogen-bond donors (Lipinski definition) is 2. The first-order valence-corrected chi connectivity index (χ1v) is 7.97. The van der Waals surface area contributed by atoms with E-state index in [0.29, 0.717) is 12.8 Å². The average molecular weight is 313 g/mol. The summed E-state index contributed by atoms with van der Waals surface area (Å²) in [5.41, 5.74) is -0.443. The van der Waals surface area contributed by atoms with Crippen molar-refractivity contribution in [1.82, 2.24) is 5.32 Å². The summed E-state index contributed by atoms with van der Waals surface area (Å²) in [5.74, 6) is -2.67. The number of carboxylic acids is 1. The van der Waals surface area contributed by atoms with Gasteiger partial charge in [-0.15, -0.1) is 0 Å². The molecule has 0 aromatic carbocycles. The van der Waals surface area contributed by atoms with Crippen LogP contribution in [0.15, 0.2) is 0 Å². The molecule has 1 amide bonds. The van der Waals surface area contributed by atoms with Crippen LogP contribution in [0.4, 0.5) is 0 Å². The van der Waals surface area contributed by atoms with Gasteiger partial charge in [-0.2, -0.15) is 0 Å². The Labute approximate surface area is 131 Å². The molecule has 2 N–H and O–H groups in total. The van der Waals surface area contributed by atoms with Crippen molar-refractivity contribution in [2.24, 2.45) is 17.3 Å². The second-order valence-electron chi connectivity index (χ2n) is 6.50. The minimum absolute atomic E-state index is 0.0766. The number of carboxylic acid groups (broad SMARTS) is 1. The Hall–Kier alpha value is -1.59. The van der Waals surface area contributed by atoms with Crippen LogP contribution in [0.1, 0.15) is 52.9 Å². The van der Waals surface area contributed by atoms with E-state index in [2.05, 4.69) is 5.32 Å². The predicted molar refractivity (Wildman–Crippen MR) is 81.1 cm³/mol. The van der Waals surface area contributed by atoms with E-state index in [0.717, 1.165) is 19.3 Å². The second kappa shape index (κ2) is 8.15. The van der Waals surface area contributed by atoms with Crippen LogP contribution in [0.2, 0.25) is 0 Å². The van der Waals surface area contributed by atoms with Gasteiger partial charge in [0.15, 0.2) is 0 Å². The third-order valence-corrected chi connectivity index (χ3v) is 4.52. The minimum atomic E-state index is -0.931. The molecule has 1 saturated carbocycles. The van der Waals surface area contributed by atoms with Crippen molar-refractivity contribution in [3.8, 4) is 0 Å². The van der Waals surface area contributed by atoms with E-state index >= 15 is 0 Å². The summed E-state index contributed by atoms with van der Waals surface area (Å²) in [5, 5.41) is 11.9. The summed E-state index contributed by atoms with van der Waals surface area (Å²) in [6.45, 7) is 5.97. The molecule has 0 aromatic rings. The lowest BCUT2D eigenvalue weighted by molar-refractivity contribution is -0.159. The second-order valence-corrected chi connectivity index (χ2v) is 6.50. The molecule has 1 rings (SSSR count). The van der Waals surface area contributed by atoms with Gasteiger partial charge in [0.2, 0.25) is 5.91 Å². The lowest BCUT2D eigenvalue weighted by atomic mass is 9.79. The number of ether oxygens (including phenoxy) is 1. The highest BCUT2D eigenvalue weighted by atomic mass is 16.5. The highest BCUT2D eigenvalue weighted by Crippen LogP contribution is 2.31. The van der Waals surface area contributed by atoms with Crippen molar-refractivity contribution in [1.29, 1.82) is 0 Å². The first-order valence-electron chi connectivity index (χ1n) is 7.97. The van der Waals surface area contributed by atoms with Gasteiger partial charge < -0.3 is 15.2 Å². The summed E-state index contributed by atoms with van der Waals surface area (Å²) in [4.78, 5) is 35.0. The molecule has 22 heavy (non-hydrogen) atoms. The van der Waals surface area contributed by atoms with Gasteiger partial charge in [0.25, 0.3) is 0 Å². The van der Waals surface area contributed by atoms with Crippen molar-refractivity contribution >= 4 is 17.8 Å². The van der Waals surface area contributed by atoms with Gasteiger partial charge in [0.05, 0.1) is 18.4 Å². The maximum absolute atomic E-state index is 12.0. The molecule has 0 radical (unpaired) electrons. The molecule has 0 saturated heterocycles. The third kappa shape index (κ3) is 5.00. The monoisotopic (exact) mass is 313 g/mol. The zero-order chi connectivity index (χ0) is 16.8. The number of aliphatic carboxylic acids is 1. The zero-order valence-corrected chi connectivity index (χ0v) is 13.7. The fourth-order valence-electron chi connectivity index (χ4n) is 2.53. The standard InChI is InChI=1S/C16H27NO5/c1-4-16(2,3)15(21)17-9-10-22-14(20)12-8-6-5-7-11(12)13(18)19/h11-12H,4-10H2,1-3H3,(H,17,21)(H,18,19). The molecule has 0 aromatic heterocycles. The molecule has 0 bridgehead atoms. The van der Waals surface area contributed by atoms with Crippen molar-refractivity contribution < 1.29 is 24.2 Å². The van der Waals surface area contributed by atoms with Gasteiger partial charge in [-0.1, -0.05) is 33.6 Å². The Morgan fingerprint density at radius 1 is 1.18 bits per heavy atom. The summed E-state index contributed by atoms with van der Waals surface area (Å²) >= 11 is 0. The SMILES string of the molecule is CCC(C)(C)C(=O)NCCOC(=O)C1CCCCC1C(=O)O. The zero-order valence-electron chi connectivity index (χ0n) is 13.7. The van der Waals surface area contributed by atoms with Crippen LogP contribution < -0.4 is 5.32 Å². The molecule has 0 heterocycles. The van der Waals surface area contributed by atoms with Crippen LogP contribution >= 0.6 is 0 Å². The first-order chi connectivity index (χ1) is 10.3. The first kappa shape index (κ1) is 18.5. The molecule has 2 atom stereocenters. The van der Waals surface area contributed by atoms with Gasteiger partial charge in [0.1, 0.15) is 6.61 Å². The highest BCUT2D eigenvalue weighted by molar-refractivity contribution is 5.82. The summed E-state index contributed by atoms with van der Waals surface area (Å²) in [6, 6.07) is 0. The molecule has 2 unspecified atom stereocenters. The molecule has 0 aliphatic heterocycles. The lowest BCUT2D eigenvalue weighted by Gasteiger charge is -2.26. The van der Waals surface area contributed by atoms with Crippen molar-refractivity contribution in [3.05, 3.63) is 0 Å². The largest absolute Gasteiger partial charge is 0.481 e. The van der Waals surface area contributed by atoms with Crippen molar-refractivity contribution in [2.75, 3.05) is 13.2 Å². The minimum Gasteiger partial charge on any atom is -0.481 e. The Morgan fingerprint density at radius 3 is 2.32 bits per heavy atom. The highest BCUT2D eigenvalue weighted by Gasteiger charge is 2.36. The van der Waals surface area contributed by atoms with Gasteiger partial charge >= 0.3 is 11.9 Å². The molecule has 1 fully saturated rings. The maximum atomic E-state index is 12.0. The van der Waals surface area contributed by atoms with Gasteiger partial charge in [-0.25, -0.2) is 0 Å². The van der Waals surface area contributed by atoms with Crippen LogP contribution in [0.5, 0.6) is 0 Å². The van der Waals surface area contributed by atoms with Crippen LogP contribution in [0.25, 0.3) is 0 Å². The fraction of sp³-hybridized carbons (Fsp3) is 0.812. The Balaban J connectivity index is 2.36. The normalized spacial score (nSPS) is 22.0. The van der Waals surface area contributed by atoms with Gasteiger partial charge in [0, 0.05) is 5.41 Å². The molecular weight excluding hydrogens is 286 g/mol. The summed E-state index contributed by atoms with van der Waals surface area (Å²) < 4.78 is 5.14. The van der Waals surface area contributed by atoms with Gasteiger partial charge in [-0.05, 0) is 19.3 Å². The molecule has 126 valence electrons. The number of hydrogen-bond acceptors (Lipinski definition) is 4. The van der Waals surface area contributed by atoms with E-state index in [1.807, 2.05) is 20.8 Å². The topological polar surface area (TPSA) is 92.7 Å². The van der Waals surface area contributed by atoms with Crippen LogP contribution in [-0.4, -0.2) is 36.1 Å². The molecule has 0 spiro atoms. The van der Waals surface area contributed by atoms with Crippen molar-refractivity contribution in [2.45, 2.75) is 52.9 Å². The number of rotatable bonds is 7. The third-order valence-electron chi connectivity index (χ3n) is 4.52. The van der Waals surface area contributed by atoms with E-state index in [-0.39, 0.29) is 19.1 Å². The molecule has 6 nitrogen and oxygen atoms in total. The fourth-order valence-corrected chi connectivity index (χ4v) is 2.53. The van der Waals surface area contributed by atoms with E-state index < -0.39 is 29.2 Å². The Kier molecular flexibility index (Phi) is 6.84. The van der Waals surface area contributed by atoms with Crippen molar-refractivity contribution in [3.63, 3.8) is 0 Å². The summed E-state index contributed by atoms with van der Waals surface area (Å²) in [6.07, 6.45) is 3.50. The number of carbonyl (C=O) groups excluding carboxylic acids is 2. The Bertz CT molecular complexity index is 419. The Morgan fingerprint density at radius 2 is 1.77 bits per heavy atom. The average Bonchev–Trinajstić information content (AvgIpc) is 2.50. The quantitative estimate of drug-likeness (QED) is 0.554. The molecule has 6 heteroatoms. The molecule has 1 aliphatic carbocycles. The smallest absolute Gasteiger partial charge is 0.309 e. The lowest BCUT2D eigenvalue weighted by Crippen LogP contribution is -2.39. The summed E-state index contributed by atoms with van der Waals surface area (Å²) in [7, 11) is 0. The molecular formula is C16H27NO5. The number of esters is 1. The van der Waals surface area contributed by atoms with Crippen LogP contribution in [-0.2, 0) is 19.1 Å². The van der Waals surface area contributed by atoms with E-state index in [1.165, 1.54) is 0 Å². The predicted octanol–water partition coefficient (Wildman–Crippen LogP) is 1.97. The molecule has 1 aliphatic rings. The number of nitrogens with one attached hydrogen (secondary N) is 1. The number of carbonyl (C=O) groups is 3. The maximum Gasteiger partial charge on any atom is 0.309 e. The van der Waals surface area contributed by atoms with E-state index in [1.54, 1.807) is 0 Å². The number of amides is 1. The van der Waals surface area contributed by atoms with E-state index in [9.17, 15) is 14.4 Å².